The Kier molecular flexibility index (Phi) is 4.06. The quantitative estimate of drug-likeness (QED) is 0.749. The van der Waals surface area contributed by atoms with Gasteiger partial charge in [-0.3, -0.25) is 0 Å². The third-order valence-electron chi connectivity index (χ3n) is 2.98. The molecule has 0 aliphatic carbocycles. The molecule has 0 saturated heterocycles. The Labute approximate surface area is 123 Å². The lowest BCUT2D eigenvalue weighted by Crippen LogP contribution is -2.12. The monoisotopic (exact) mass is 307 g/mol. The number of hydrogen-bond acceptors (Lipinski definition) is 5. The molecule has 2 aromatic rings. The Hall–Kier alpha value is -2.25. The molecule has 2 aromatic carbocycles. The van der Waals surface area contributed by atoms with Gasteiger partial charge >= 0.3 is 0 Å². The number of methoxy groups -OCH3 is 1. The van der Waals surface area contributed by atoms with Crippen LogP contribution in [0.5, 0.6) is 5.75 Å². The van der Waals surface area contributed by atoms with Crippen molar-refractivity contribution in [3.8, 4) is 5.75 Å². The number of rotatable bonds is 4. The number of hydrogen-bond donors (Lipinski definition) is 3. The van der Waals surface area contributed by atoms with Crippen LogP contribution in [0, 0.1) is 6.92 Å². The van der Waals surface area contributed by atoms with E-state index in [-0.39, 0.29) is 4.90 Å². The maximum absolute atomic E-state index is 11.4. The first-order chi connectivity index (χ1) is 9.81. The number of benzene rings is 2. The molecule has 0 saturated carbocycles. The zero-order chi connectivity index (χ0) is 15.6. The molecule has 0 spiro atoms. The van der Waals surface area contributed by atoms with Crippen LogP contribution in [0.2, 0.25) is 0 Å². The van der Waals surface area contributed by atoms with Crippen molar-refractivity contribution < 1.29 is 13.2 Å². The second-order valence-corrected chi connectivity index (χ2v) is 6.18. The van der Waals surface area contributed by atoms with Crippen LogP contribution in [0.15, 0.2) is 41.3 Å². The molecule has 0 amide bonds. The minimum absolute atomic E-state index is 0.00850. The molecule has 21 heavy (non-hydrogen) atoms. The standard InChI is InChI=1S/C14H17N3O3S/c1-9-3-6-14(20-2)13(7-9)17-12-8-10(21(16,18)19)4-5-11(12)15/h3-8,17H,15H2,1-2H3,(H2,16,18,19). The first-order valence-corrected chi connectivity index (χ1v) is 7.70. The fourth-order valence-electron chi connectivity index (χ4n) is 1.89. The molecule has 0 aromatic heterocycles. The van der Waals surface area contributed by atoms with Crippen LogP contribution in [-0.2, 0) is 10.0 Å². The fraction of sp³-hybridized carbons (Fsp3) is 0.143. The normalized spacial score (nSPS) is 11.2. The summed E-state index contributed by atoms with van der Waals surface area (Å²) in [5, 5.41) is 8.20. The highest BCUT2D eigenvalue weighted by Gasteiger charge is 2.12. The van der Waals surface area contributed by atoms with E-state index in [9.17, 15) is 8.42 Å². The van der Waals surface area contributed by atoms with Crippen LogP contribution in [-0.4, -0.2) is 15.5 Å². The van der Waals surface area contributed by atoms with Gasteiger partial charge in [-0.25, -0.2) is 13.6 Å². The second kappa shape index (κ2) is 5.63. The summed E-state index contributed by atoms with van der Waals surface area (Å²) in [4.78, 5) is -0.00850. The molecule has 0 radical (unpaired) electrons. The van der Waals surface area contributed by atoms with Crippen molar-refractivity contribution in [1.29, 1.82) is 0 Å². The van der Waals surface area contributed by atoms with E-state index in [1.807, 2.05) is 25.1 Å². The smallest absolute Gasteiger partial charge is 0.238 e. The van der Waals surface area contributed by atoms with Gasteiger partial charge in [-0.15, -0.1) is 0 Å². The van der Waals surface area contributed by atoms with Crippen molar-refractivity contribution >= 4 is 27.1 Å². The van der Waals surface area contributed by atoms with Crippen LogP contribution < -0.4 is 20.9 Å². The Morgan fingerprint density at radius 2 is 1.81 bits per heavy atom. The molecule has 0 aliphatic heterocycles. The number of anilines is 3. The van der Waals surface area contributed by atoms with E-state index >= 15 is 0 Å². The van der Waals surface area contributed by atoms with E-state index < -0.39 is 10.0 Å². The Balaban J connectivity index is 2.47. The second-order valence-electron chi connectivity index (χ2n) is 4.62. The summed E-state index contributed by atoms with van der Waals surface area (Å²) in [6, 6.07) is 9.85. The van der Waals surface area contributed by atoms with Crippen LogP contribution in [0.25, 0.3) is 0 Å². The number of nitrogens with two attached hydrogens (primary N) is 2. The van der Waals surface area contributed by atoms with Gasteiger partial charge < -0.3 is 15.8 Å². The summed E-state index contributed by atoms with van der Waals surface area (Å²) in [5.74, 6) is 0.626. The van der Waals surface area contributed by atoms with Crippen LogP contribution in [0.1, 0.15) is 5.56 Å². The molecular weight excluding hydrogens is 290 g/mol. The molecule has 0 aliphatic rings. The van der Waals surface area contributed by atoms with Gasteiger partial charge in [-0.2, -0.15) is 0 Å². The molecule has 0 unspecified atom stereocenters. The maximum atomic E-state index is 11.4. The van der Waals surface area contributed by atoms with E-state index in [0.717, 1.165) is 5.56 Å². The average molecular weight is 307 g/mol. The molecule has 7 heteroatoms. The third-order valence-corrected chi connectivity index (χ3v) is 3.89. The van der Waals surface area contributed by atoms with Gasteiger partial charge in [0.05, 0.1) is 29.1 Å². The van der Waals surface area contributed by atoms with Gasteiger partial charge in [0.25, 0.3) is 0 Å². The Morgan fingerprint density at radius 1 is 1.10 bits per heavy atom. The Bertz CT molecular complexity index is 773. The largest absolute Gasteiger partial charge is 0.495 e. The number of nitrogens with one attached hydrogen (secondary N) is 1. The molecule has 6 nitrogen and oxygen atoms in total. The van der Waals surface area contributed by atoms with Crippen LogP contribution >= 0.6 is 0 Å². The zero-order valence-electron chi connectivity index (χ0n) is 11.8. The van der Waals surface area contributed by atoms with Gasteiger partial charge in [0.15, 0.2) is 0 Å². The number of primary sulfonamides is 1. The fourth-order valence-corrected chi connectivity index (χ4v) is 2.43. The number of sulfonamides is 1. The molecule has 2 rings (SSSR count). The molecular formula is C14H17N3O3S. The van der Waals surface area contributed by atoms with Crippen molar-refractivity contribution in [2.24, 2.45) is 5.14 Å². The molecule has 0 atom stereocenters. The predicted octanol–water partition coefficient (Wildman–Crippen LogP) is 1.98. The topological polar surface area (TPSA) is 107 Å². The van der Waals surface area contributed by atoms with Gasteiger partial charge in [0, 0.05) is 0 Å². The SMILES string of the molecule is COc1ccc(C)cc1Nc1cc(S(N)(=O)=O)ccc1N. The summed E-state index contributed by atoms with van der Waals surface area (Å²) in [6.45, 7) is 1.94. The lowest BCUT2D eigenvalue weighted by molar-refractivity contribution is 0.416. The first-order valence-electron chi connectivity index (χ1n) is 6.15. The number of aryl methyl sites for hydroxylation is 1. The summed E-state index contributed by atoms with van der Waals surface area (Å²) >= 11 is 0. The summed E-state index contributed by atoms with van der Waals surface area (Å²) in [7, 11) is -2.23. The highest BCUT2D eigenvalue weighted by molar-refractivity contribution is 7.89. The molecule has 112 valence electrons. The maximum Gasteiger partial charge on any atom is 0.238 e. The zero-order valence-corrected chi connectivity index (χ0v) is 12.6. The van der Waals surface area contributed by atoms with E-state index in [2.05, 4.69) is 5.32 Å². The summed E-state index contributed by atoms with van der Waals surface area (Å²) < 4.78 is 28.1. The molecule has 0 bridgehead atoms. The van der Waals surface area contributed by atoms with Crippen molar-refractivity contribution in [2.45, 2.75) is 11.8 Å². The third kappa shape index (κ3) is 3.45. The van der Waals surface area contributed by atoms with Crippen molar-refractivity contribution in [1.82, 2.24) is 0 Å². The van der Waals surface area contributed by atoms with E-state index in [1.165, 1.54) is 18.2 Å². The van der Waals surface area contributed by atoms with Gasteiger partial charge in [-0.05, 0) is 42.8 Å². The van der Waals surface area contributed by atoms with Crippen molar-refractivity contribution in [3.05, 3.63) is 42.0 Å². The van der Waals surface area contributed by atoms with E-state index in [0.29, 0.717) is 22.8 Å². The van der Waals surface area contributed by atoms with E-state index in [1.54, 1.807) is 7.11 Å². The molecule has 5 N–H and O–H groups in total. The molecule has 0 heterocycles. The predicted molar refractivity (Wildman–Crippen MR) is 83.2 cm³/mol. The van der Waals surface area contributed by atoms with Gasteiger partial charge in [-0.1, -0.05) is 6.07 Å². The lowest BCUT2D eigenvalue weighted by atomic mass is 10.2. The highest BCUT2D eigenvalue weighted by Crippen LogP contribution is 2.32. The average Bonchev–Trinajstić information content (AvgIpc) is 2.40. The lowest BCUT2D eigenvalue weighted by Gasteiger charge is -2.14. The minimum atomic E-state index is -3.79. The van der Waals surface area contributed by atoms with Crippen molar-refractivity contribution in [2.75, 3.05) is 18.2 Å². The number of nitrogen functional groups attached to an aromatic ring is 1. The van der Waals surface area contributed by atoms with Gasteiger partial charge in [0.1, 0.15) is 5.75 Å². The van der Waals surface area contributed by atoms with Crippen LogP contribution in [0.3, 0.4) is 0 Å². The minimum Gasteiger partial charge on any atom is -0.495 e. The van der Waals surface area contributed by atoms with Crippen LogP contribution in [0.4, 0.5) is 17.1 Å². The molecule has 0 fully saturated rings. The highest BCUT2D eigenvalue weighted by atomic mass is 32.2. The number of ether oxygens (including phenoxy) is 1. The Morgan fingerprint density at radius 3 is 2.43 bits per heavy atom. The summed E-state index contributed by atoms with van der Waals surface area (Å²) in [6.07, 6.45) is 0. The van der Waals surface area contributed by atoms with Crippen molar-refractivity contribution in [3.63, 3.8) is 0 Å². The van der Waals surface area contributed by atoms with E-state index in [4.69, 9.17) is 15.6 Å². The van der Waals surface area contributed by atoms with Gasteiger partial charge in [0.2, 0.25) is 10.0 Å². The first kappa shape index (κ1) is 15.1. The summed E-state index contributed by atoms with van der Waals surface area (Å²) in [5.41, 5.74) is 8.45.